The molecule has 180 valence electrons. The van der Waals surface area contributed by atoms with Crippen molar-refractivity contribution in [2.45, 2.75) is 0 Å². The van der Waals surface area contributed by atoms with Gasteiger partial charge >= 0.3 is 0 Å². The minimum atomic E-state index is -3.03. The molecule has 0 amide bonds. The minimum Gasteiger partial charge on any atom is -0.314 e. The van der Waals surface area contributed by atoms with Crippen molar-refractivity contribution < 1.29 is 9.13 Å². The quantitative estimate of drug-likeness (QED) is 0.143. The molecule has 0 fully saturated rings. The predicted molar refractivity (Wildman–Crippen MR) is 159 cm³/mol. The highest BCUT2D eigenvalue weighted by molar-refractivity contribution is 9.09. The molecular formula is C29H28Br2O2P2. The number of benzene rings is 4. The van der Waals surface area contributed by atoms with Crippen LogP contribution in [0.1, 0.15) is 0 Å². The van der Waals surface area contributed by atoms with E-state index >= 15 is 0 Å². The topological polar surface area (TPSA) is 34.1 Å². The van der Waals surface area contributed by atoms with Gasteiger partial charge in [-0.2, -0.15) is 0 Å². The second-order valence-electron chi connectivity index (χ2n) is 8.91. The van der Waals surface area contributed by atoms with Gasteiger partial charge in [0.25, 0.3) is 0 Å². The zero-order chi connectivity index (χ0) is 24.8. The van der Waals surface area contributed by atoms with Crippen LogP contribution >= 0.6 is 46.1 Å². The van der Waals surface area contributed by atoms with Crippen LogP contribution in [0.25, 0.3) is 0 Å². The first-order valence-corrected chi connectivity index (χ1v) is 17.5. The fourth-order valence-electron chi connectivity index (χ4n) is 4.54. The van der Waals surface area contributed by atoms with Gasteiger partial charge in [-0.05, 0) is 0 Å². The van der Waals surface area contributed by atoms with Gasteiger partial charge in [0, 0.05) is 49.6 Å². The molecule has 35 heavy (non-hydrogen) atoms. The summed E-state index contributed by atoms with van der Waals surface area (Å²) in [5.41, 5.74) is -0.525. The molecule has 0 heterocycles. The summed E-state index contributed by atoms with van der Waals surface area (Å²) in [4.78, 5) is 0. The molecule has 0 atom stereocenters. The van der Waals surface area contributed by atoms with Crippen LogP contribution < -0.4 is 21.2 Å². The van der Waals surface area contributed by atoms with Crippen molar-refractivity contribution in [2.75, 3.05) is 23.0 Å². The van der Waals surface area contributed by atoms with Crippen molar-refractivity contribution in [1.29, 1.82) is 0 Å². The Balaban J connectivity index is 1.85. The van der Waals surface area contributed by atoms with Crippen LogP contribution in [0, 0.1) is 5.41 Å². The lowest BCUT2D eigenvalue weighted by Crippen LogP contribution is -2.39. The first-order chi connectivity index (χ1) is 17.0. The van der Waals surface area contributed by atoms with Crippen molar-refractivity contribution in [3.63, 3.8) is 0 Å². The molecule has 6 heteroatoms. The Morgan fingerprint density at radius 3 is 0.886 bits per heavy atom. The van der Waals surface area contributed by atoms with E-state index in [2.05, 4.69) is 31.9 Å². The summed E-state index contributed by atoms with van der Waals surface area (Å²) in [5, 5.41) is 4.44. The van der Waals surface area contributed by atoms with Gasteiger partial charge < -0.3 is 9.13 Å². The standard InChI is InChI=1S/C29H28Br2O2P2/c30-21-29(22-31,23-34(32,25-13-5-1-6-14-25)26-15-7-2-8-16-26)24-35(33,27-17-9-3-10-18-27)28-19-11-4-12-20-28/h1-20H,21-24H2. The first-order valence-electron chi connectivity index (χ1n) is 11.5. The average molecular weight is 630 g/mol. The van der Waals surface area contributed by atoms with E-state index in [1.165, 1.54) is 0 Å². The molecule has 4 aromatic rings. The van der Waals surface area contributed by atoms with Crippen LogP contribution in [-0.4, -0.2) is 23.0 Å². The number of rotatable bonds is 10. The number of hydrogen-bond donors (Lipinski definition) is 0. The smallest absolute Gasteiger partial charge is 0.143 e. The van der Waals surface area contributed by atoms with E-state index in [4.69, 9.17) is 0 Å². The summed E-state index contributed by atoms with van der Waals surface area (Å²) >= 11 is 7.51. The summed E-state index contributed by atoms with van der Waals surface area (Å²) in [6.45, 7) is 0. The molecule has 0 aliphatic rings. The fraction of sp³-hybridized carbons (Fsp3) is 0.172. The maximum atomic E-state index is 15.0. The normalized spacial score (nSPS) is 12.4. The molecule has 0 aliphatic heterocycles. The van der Waals surface area contributed by atoms with E-state index in [0.717, 1.165) is 21.2 Å². The summed E-state index contributed by atoms with van der Waals surface area (Å²) in [6.07, 6.45) is 0.794. The first kappa shape index (κ1) is 26.4. The largest absolute Gasteiger partial charge is 0.314 e. The third kappa shape index (κ3) is 5.67. The molecule has 0 aliphatic carbocycles. The van der Waals surface area contributed by atoms with Gasteiger partial charge in [0.2, 0.25) is 0 Å². The molecule has 0 spiro atoms. The third-order valence-electron chi connectivity index (χ3n) is 6.38. The van der Waals surface area contributed by atoms with Crippen molar-refractivity contribution in [2.24, 2.45) is 5.41 Å². The second-order valence-corrected chi connectivity index (χ2v) is 15.7. The fourth-order valence-corrected chi connectivity index (χ4v) is 14.2. The van der Waals surface area contributed by atoms with Crippen LogP contribution in [0.15, 0.2) is 121 Å². The zero-order valence-corrected chi connectivity index (χ0v) is 24.3. The minimum absolute atomic E-state index is 0.397. The van der Waals surface area contributed by atoms with E-state index in [-0.39, 0.29) is 0 Å². The summed E-state index contributed by atoms with van der Waals surface area (Å²) in [7, 11) is -6.06. The average Bonchev–Trinajstić information content (AvgIpc) is 2.94. The molecule has 4 rings (SSSR count). The molecule has 0 bridgehead atoms. The Morgan fingerprint density at radius 2 is 0.686 bits per heavy atom. The Hall–Kier alpha value is -1.70. The van der Waals surface area contributed by atoms with E-state index in [1.54, 1.807) is 0 Å². The van der Waals surface area contributed by atoms with Crippen molar-refractivity contribution in [3.05, 3.63) is 121 Å². The van der Waals surface area contributed by atoms with E-state index < -0.39 is 19.7 Å². The van der Waals surface area contributed by atoms with Gasteiger partial charge in [0.15, 0.2) is 0 Å². The predicted octanol–water partition coefficient (Wildman–Crippen LogP) is 6.79. The lowest BCUT2D eigenvalue weighted by Gasteiger charge is -2.37. The Morgan fingerprint density at radius 1 is 0.457 bits per heavy atom. The summed E-state index contributed by atoms with van der Waals surface area (Å²) < 4.78 is 30.0. The SMILES string of the molecule is O=P(CC(CBr)(CBr)CP(=O)(c1ccccc1)c1ccccc1)(c1ccccc1)c1ccccc1. The molecule has 0 unspecified atom stereocenters. The summed E-state index contributed by atoms with van der Waals surface area (Å²) in [5.74, 6) is 0. The molecule has 0 aromatic heterocycles. The molecule has 2 nitrogen and oxygen atoms in total. The zero-order valence-electron chi connectivity index (χ0n) is 19.3. The van der Waals surface area contributed by atoms with Crippen LogP contribution in [0.4, 0.5) is 0 Å². The Labute approximate surface area is 225 Å². The van der Waals surface area contributed by atoms with Crippen molar-refractivity contribution in [3.8, 4) is 0 Å². The van der Waals surface area contributed by atoms with Crippen LogP contribution in [0.2, 0.25) is 0 Å². The third-order valence-corrected chi connectivity index (χ3v) is 15.5. The lowest BCUT2D eigenvalue weighted by atomic mass is 10.00. The van der Waals surface area contributed by atoms with E-state index in [1.807, 2.05) is 121 Å². The lowest BCUT2D eigenvalue weighted by molar-refractivity contribution is 0.487. The van der Waals surface area contributed by atoms with Crippen LogP contribution in [-0.2, 0) is 9.13 Å². The molecular weight excluding hydrogens is 602 g/mol. The van der Waals surface area contributed by atoms with E-state index in [0.29, 0.717) is 23.0 Å². The molecule has 0 saturated heterocycles. The molecule has 4 aromatic carbocycles. The Kier molecular flexibility index (Phi) is 8.71. The molecule has 0 N–H and O–H groups in total. The number of halogens is 2. The Bertz CT molecular complexity index is 1120. The van der Waals surface area contributed by atoms with Crippen LogP contribution in [0.3, 0.4) is 0 Å². The maximum absolute atomic E-state index is 15.0. The monoisotopic (exact) mass is 628 g/mol. The van der Waals surface area contributed by atoms with Gasteiger partial charge in [-0.3, -0.25) is 0 Å². The maximum Gasteiger partial charge on any atom is 0.143 e. The number of hydrogen-bond acceptors (Lipinski definition) is 2. The highest BCUT2D eigenvalue weighted by Crippen LogP contribution is 2.56. The highest BCUT2D eigenvalue weighted by Gasteiger charge is 2.44. The van der Waals surface area contributed by atoms with Crippen molar-refractivity contribution >= 4 is 67.4 Å². The highest BCUT2D eigenvalue weighted by atomic mass is 79.9. The second kappa shape index (κ2) is 11.6. The number of alkyl halides is 2. The van der Waals surface area contributed by atoms with Gasteiger partial charge in [-0.25, -0.2) is 0 Å². The van der Waals surface area contributed by atoms with Crippen molar-refractivity contribution in [1.82, 2.24) is 0 Å². The van der Waals surface area contributed by atoms with Crippen LogP contribution in [0.5, 0.6) is 0 Å². The van der Waals surface area contributed by atoms with E-state index in [9.17, 15) is 9.13 Å². The van der Waals surface area contributed by atoms with Gasteiger partial charge in [-0.1, -0.05) is 153 Å². The molecule has 0 radical (unpaired) electrons. The van der Waals surface area contributed by atoms with Gasteiger partial charge in [-0.15, -0.1) is 0 Å². The molecule has 0 saturated carbocycles. The summed E-state index contributed by atoms with van der Waals surface area (Å²) in [6, 6.07) is 38.9. The van der Waals surface area contributed by atoms with Gasteiger partial charge in [0.05, 0.1) is 0 Å². The van der Waals surface area contributed by atoms with Gasteiger partial charge in [0.1, 0.15) is 14.3 Å².